The first-order chi connectivity index (χ1) is 16.6. The predicted octanol–water partition coefficient (Wildman–Crippen LogP) is 6.36. The van der Waals surface area contributed by atoms with Crippen LogP contribution in [0.25, 0.3) is 33.5 Å². The van der Waals surface area contributed by atoms with Crippen LogP contribution in [0, 0.1) is 18.3 Å². The largest absolute Gasteiger partial charge is 0.327 e. The van der Waals surface area contributed by atoms with Crippen molar-refractivity contribution in [1.29, 1.82) is 5.26 Å². The molecular weight excluding hydrogens is 418 g/mol. The van der Waals surface area contributed by atoms with Gasteiger partial charge in [-0.25, -0.2) is 9.97 Å². The van der Waals surface area contributed by atoms with E-state index >= 15 is 0 Å². The maximum absolute atomic E-state index is 8.85. The second kappa shape index (κ2) is 9.15. The standard InChI is InChI=1S/C29H29N5/c1-4-8-27-32-28-20(2)17-23(29-31-24-10-5-6-11-25(24)33(29)3)18-26(28)34(27)19-22-14-12-21(13-15-22)9-7-16-30/h5-6,10-15,17-18H,4,7-9,19H2,1-3H3. The SMILES string of the molecule is CCCc1nc2c(C)cc(-c3nc4ccccc4n3C)cc2n1Cc1ccc(CCC#N)cc1. The Balaban J connectivity index is 1.60. The van der Waals surface area contributed by atoms with Gasteiger partial charge in [0.15, 0.2) is 0 Å². The number of aromatic nitrogens is 4. The summed E-state index contributed by atoms with van der Waals surface area (Å²) in [5.74, 6) is 2.09. The molecular formula is C29H29N5. The van der Waals surface area contributed by atoms with Crippen molar-refractivity contribution in [2.45, 2.75) is 46.1 Å². The van der Waals surface area contributed by atoms with Gasteiger partial charge < -0.3 is 9.13 Å². The first-order valence-corrected chi connectivity index (χ1v) is 12.0. The summed E-state index contributed by atoms with van der Waals surface area (Å²) < 4.78 is 4.53. The molecule has 0 aliphatic heterocycles. The molecule has 34 heavy (non-hydrogen) atoms. The van der Waals surface area contributed by atoms with Gasteiger partial charge in [-0.1, -0.05) is 43.3 Å². The molecule has 170 valence electrons. The predicted molar refractivity (Wildman–Crippen MR) is 138 cm³/mol. The van der Waals surface area contributed by atoms with Crippen molar-refractivity contribution < 1.29 is 0 Å². The average Bonchev–Trinajstić information content (AvgIpc) is 3.37. The van der Waals surface area contributed by atoms with E-state index in [0.29, 0.717) is 6.42 Å². The minimum Gasteiger partial charge on any atom is -0.327 e. The Labute approximate surface area is 200 Å². The third-order valence-electron chi connectivity index (χ3n) is 6.53. The molecule has 0 N–H and O–H groups in total. The lowest BCUT2D eigenvalue weighted by atomic mass is 10.1. The van der Waals surface area contributed by atoms with Crippen LogP contribution in [0.1, 0.15) is 42.3 Å². The van der Waals surface area contributed by atoms with Gasteiger partial charge in [0.25, 0.3) is 0 Å². The molecule has 0 spiro atoms. The van der Waals surface area contributed by atoms with Crippen LogP contribution >= 0.6 is 0 Å². The molecule has 0 amide bonds. The molecule has 0 atom stereocenters. The zero-order chi connectivity index (χ0) is 23.7. The van der Waals surface area contributed by atoms with Crippen LogP contribution in [0.3, 0.4) is 0 Å². The van der Waals surface area contributed by atoms with Gasteiger partial charge >= 0.3 is 0 Å². The molecule has 5 aromatic rings. The van der Waals surface area contributed by atoms with Gasteiger partial charge in [0.2, 0.25) is 0 Å². The smallest absolute Gasteiger partial charge is 0.140 e. The molecule has 0 bridgehead atoms. The Morgan fingerprint density at radius 3 is 2.41 bits per heavy atom. The van der Waals surface area contributed by atoms with Crippen molar-refractivity contribution >= 4 is 22.1 Å². The summed E-state index contributed by atoms with van der Waals surface area (Å²) in [6.45, 7) is 5.12. The number of fused-ring (bicyclic) bond motifs is 2. The summed E-state index contributed by atoms with van der Waals surface area (Å²) in [6, 6.07) is 23.6. The summed E-state index contributed by atoms with van der Waals surface area (Å²) >= 11 is 0. The Morgan fingerprint density at radius 2 is 1.68 bits per heavy atom. The van der Waals surface area contributed by atoms with Crippen molar-refractivity contribution in [2.24, 2.45) is 7.05 Å². The van der Waals surface area contributed by atoms with Crippen LogP contribution < -0.4 is 0 Å². The summed E-state index contributed by atoms with van der Waals surface area (Å²) in [4.78, 5) is 9.99. The third-order valence-corrected chi connectivity index (χ3v) is 6.53. The first kappa shape index (κ1) is 21.9. The minimum atomic E-state index is 0.552. The second-order valence-electron chi connectivity index (χ2n) is 8.98. The molecule has 5 nitrogen and oxygen atoms in total. The molecule has 5 rings (SSSR count). The van der Waals surface area contributed by atoms with E-state index in [4.69, 9.17) is 15.2 Å². The zero-order valence-electron chi connectivity index (χ0n) is 20.0. The average molecular weight is 448 g/mol. The highest BCUT2D eigenvalue weighted by Crippen LogP contribution is 2.30. The van der Waals surface area contributed by atoms with E-state index in [1.165, 1.54) is 16.7 Å². The maximum Gasteiger partial charge on any atom is 0.140 e. The fourth-order valence-corrected chi connectivity index (χ4v) is 4.76. The lowest BCUT2D eigenvalue weighted by molar-refractivity contribution is 0.721. The fourth-order valence-electron chi connectivity index (χ4n) is 4.76. The quantitative estimate of drug-likeness (QED) is 0.292. The molecule has 0 radical (unpaired) electrons. The monoisotopic (exact) mass is 447 g/mol. The number of benzene rings is 3. The minimum absolute atomic E-state index is 0.552. The number of aryl methyl sites for hydroxylation is 4. The summed E-state index contributed by atoms with van der Waals surface area (Å²) in [5.41, 5.74) is 9.08. The van der Waals surface area contributed by atoms with Gasteiger partial charge in [0.05, 0.1) is 28.1 Å². The fraction of sp³-hybridized carbons (Fsp3) is 0.276. The molecule has 0 fully saturated rings. The van der Waals surface area contributed by atoms with Crippen molar-refractivity contribution in [1.82, 2.24) is 19.1 Å². The van der Waals surface area contributed by atoms with E-state index in [9.17, 15) is 0 Å². The highest BCUT2D eigenvalue weighted by Gasteiger charge is 2.17. The van der Waals surface area contributed by atoms with Crippen LogP contribution in [-0.2, 0) is 26.4 Å². The molecule has 2 heterocycles. The molecule has 0 aliphatic rings. The Bertz CT molecular complexity index is 1510. The van der Waals surface area contributed by atoms with E-state index in [1.54, 1.807) is 0 Å². The van der Waals surface area contributed by atoms with Gasteiger partial charge in [-0.05, 0) is 60.7 Å². The van der Waals surface area contributed by atoms with Crippen LogP contribution in [0.4, 0.5) is 0 Å². The second-order valence-corrected chi connectivity index (χ2v) is 8.98. The number of rotatable bonds is 7. The molecule has 0 saturated carbocycles. The van der Waals surface area contributed by atoms with Crippen LogP contribution in [0.5, 0.6) is 0 Å². The topological polar surface area (TPSA) is 59.4 Å². The normalized spacial score (nSPS) is 11.4. The van der Waals surface area contributed by atoms with Crippen molar-refractivity contribution in [3.05, 3.63) is 83.2 Å². The Morgan fingerprint density at radius 1 is 0.912 bits per heavy atom. The van der Waals surface area contributed by atoms with Gasteiger partial charge in [-0.15, -0.1) is 0 Å². The molecule has 0 aliphatic carbocycles. The molecule has 3 aromatic carbocycles. The number of imidazole rings is 2. The van der Waals surface area contributed by atoms with Gasteiger partial charge in [0.1, 0.15) is 11.6 Å². The number of hydrogen-bond donors (Lipinski definition) is 0. The number of hydrogen-bond acceptors (Lipinski definition) is 3. The third kappa shape index (κ3) is 3.97. The van der Waals surface area contributed by atoms with E-state index in [1.807, 2.05) is 6.07 Å². The van der Waals surface area contributed by atoms with Crippen LogP contribution in [0.15, 0.2) is 60.7 Å². The molecule has 2 aromatic heterocycles. The van der Waals surface area contributed by atoms with E-state index in [2.05, 4.69) is 90.7 Å². The summed E-state index contributed by atoms with van der Waals surface area (Å²) in [5, 5.41) is 8.85. The van der Waals surface area contributed by atoms with Gasteiger partial charge in [0, 0.05) is 32.0 Å². The van der Waals surface area contributed by atoms with Crippen molar-refractivity contribution in [3.63, 3.8) is 0 Å². The highest BCUT2D eigenvalue weighted by molar-refractivity contribution is 5.87. The van der Waals surface area contributed by atoms with E-state index < -0.39 is 0 Å². The Hall–Kier alpha value is -3.91. The molecule has 0 saturated heterocycles. The van der Waals surface area contributed by atoms with Gasteiger partial charge in [-0.2, -0.15) is 5.26 Å². The molecule has 5 heteroatoms. The summed E-state index contributed by atoms with van der Waals surface area (Å²) in [7, 11) is 2.08. The van der Waals surface area contributed by atoms with Crippen LogP contribution in [-0.4, -0.2) is 19.1 Å². The van der Waals surface area contributed by atoms with E-state index in [0.717, 1.165) is 65.1 Å². The Kier molecular flexibility index (Phi) is 5.90. The van der Waals surface area contributed by atoms with Crippen molar-refractivity contribution in [2.75, 3.05) is 0 Å². The summed E-state index contributed by atoms with van der Waals surface area (Å²) in [6.07, 6.45) is 3.34. The lowest BCUT2D eigenvalue weighted by Gasteiger charge is -2.11. The number of nitriles is 1. The van der Waals surface area contributed by atoms with Gasteiger partial charge in [-0.3, -0.25) is 0 Å². The maximum atomic E-state index is 8.85. The van der Waals surface area contributed by atoms with E-state index in [-0.39, 0.29) is 0 Å². The van der Waals surface area contributed by atoms with Crippen molar-refractivity contribution in [3.8, 4) is 17.5 Å². The number of para-hydroxylation sites is 2. The highest BCUT2D eigenvalue weighted by atomic mass is 15.1. The lowest BCUT2D eigenvalue weighted by Crippen LogP contribution is -2.05. The molecule has 0 unspecified atom stereocenters. The first-order valence-electron chi connectivity index (χ1n) is 12.0. The van der Waals surface area contributed by atoms with Crippen LogP contribution in [0.2, 0.25) is 0 Å². The number of nitrogens with zero attached hydrogens (tertiary/aromatic N) is 5. The zero-order valence-corrected chi connectivity index (χ0v) is 20.0.